The molecule has 1 unspecified atom stereocenters. The third-order valence-corrected chi connectivity index (χ3v) is 4.78. The fourth-order valence-corrected chi connectivity index (χ4v) is 3.35. The largest absolute Gasteiger partial charge is 0.369 e. The standard InChI is InChI=1S/C14H12BrN3O2S/c15-10-3-1-8(2-4-10)11-7-21-14(17-11)18-6-9(13(16)20)5-12(18)19/h1-4,7,9H,5-6H2,(H2,16,20). The molecule has 2 heterocycles. The van der Waals surface area contributed by atoms with Crippen LogP contribution in [-0.2, 0) is 9.59 Å². The van der Waals surface area contributed by atoms with Crippen LogP contribution >= 0.6 is 27.3 Å². The summed E-state index contributed by atoms with van der Waals surface area (Å²) < 4.78 is 1.00. The Hall–Kier alpha value is -1.73. The van der Waals surface area contributed by atoms with Crippen LogP contribution in [0, 0.1) is 5.92 Å². The van der Waals surface area contributed by atoms with Crippen LogP contribution in [0.3, 0.4) is 0 Å². The number of thiazole rings is 1. The number of rotatable bonds is 3. The Kier molecular flexibility index (Phi) is 3.77. The summed E-state index contributed by atoms with van der Waals surface area (Å²) in [6, 6.07) is 7.80. The number of hydrogen-bond donors (Lipinski definition) is 1. The third-order valence-electron chi connectivity index (χ3n) is 3.39. The lowest BCUT2D eigenvalue weighted by molar-refractivity contribution is -0.123. The van der Waals surface area contributed by atoms with Gasteiger partial charge < -0.3 is 5.73 Å². The molecule has 0 bridgehead atoms. The van der Waals surface area contributed by atoms with Crippen molar-refractivity contribution >= 4 is 44.2 Å². The van der Waals surface area contributed by atoms with E-state index in [1.165, 1.54) is 11.3 Å². The van der Waals surface area contributed by atoms with E-state index >= 15 is 0 Å². The molecule has 21 heavy (non-hydrogen) atoms. The number of carbonyl (C=O) groups is 2. The Morgan fingerprint density at radius 3 is 2.71 bits per heavy atom. The molecule has 1 atom stereocenters. The van der Waals surface area contributed by atoms with Crippen molar-refractivity contribution in [2.75, 3.05) is 11.4 Å². The van der Waals surface area contributed by atoms with Crippen molar-refractivity contribution in [3.8, 4) is 11.3 Å². The van der Waals surface area contributed by atoms with Crippen molar-refractivity contribution in [2.45, 2.75) is 6.42 Å². The quantitative estimate of drug-likeness (QED) is 0.906. The SMILES string of the molecule is NC(=O)C1CC(=O)N(c2nc(-c3ccc(Br)cc3)cs2)C1. The second-order valence-corrected chi connectivity index (χ2v) is 6.58. The highest BCUT2D eigenvalue weighted by atomic mass is 79.9. The van der Waals surface area contributed by atoms with Crippen LogP contribution in [0.1, 0.15) is 6.42 Å². The smallest absolute Gasteiger partial charge is 0.229 e. The van der Waals surface area contributed by atoms with Gasteiger partial charge in [-0.1, -0.05) is 28.1 Å². The Bertz CT molecular complexity index is 698. The summed E-state index contributed by atoms with van der Waals surface area (Å²) in [5.41, 5.74) is 7.07. The minimum Gasteiger partial charge on any atom is -0.369 e. The fourth-order valence-electron chi connectivity index (χ4n) is 2.22. The molecular weight excluding hydrogens is 354 g/mol. The number of nitrogens with two attached hydrogens (primary N) is 1. The highest BCUT2D eigenvalue weighted by molar-refractivity contribution is 9.10. The van der Waals surface area contributed by atoms with Gasteiger partial charge in [-0.05, 0) is 12.1 Å². The van der Waals surface area contributed by atoms with Gasteiger partial charge in [-0.15, -0.1) is 11.3 Å². The molecule has 1 saturated heterocycles. The van der Waals surface area contributed by atoms with Gasteiger partial charge in [0.15, 0.2) is 5.13 Å². The lowest BCUT2D eigenvalue weighted by Gasteiger charge is -2.11. The fraction of sp³-hybridized carbons (Fsp3) is 0.214. The molecule has 5 nitrogen and oxygen atoms in total. The number of primary amides is 1. The van der Waals surface area contributed by atoms with Gasteiger partial charge in [-0.25, -0.2) is 4.98 Å². The topological polar surface area (TPSA) is 76.3 Å². The van der Waals surface area contributed by atoms with E-state index in [1.807, 2.05) is 29.6 Å². The van der Waals surface area contributed by atoms with E-state index in [0.717, 1.165) is 15.7 Å². The van der Waals surface area contributed by atoms with E-state index in [-0.39, 0.29) is 12.3 Å². The van der Waals surface area contributed by atoms with Gasteiger partial charge in [0.25, 0.3) is 0 Å². The average molecular weight is 366 g/mol. The van der Waals surface area contributed by atoms with E-state index in [0.29, 0.717) is 11.7 Å². The number of benzene rings is 1. The van der Waals surface area contributed by atoms with E-state index in [9.17, 15) is 9.59 Å². The molecule has 0 radical (unpaired) electrons. The number of carbonyl (C=O) groups excluding carboxylic acids is 2. The Labute approximate surface area is 133 Å². The predicted octanol–water partition coefficient (Wildman–Crippen LogP) is 2.41. The molecule has 2 amide bonds. The number of aromatic nitrogens is 1. The maximum Gasteiger partial charge on any atom is 0.229 e. The number of halogens is 1. The summed E-state index contributed by atoms with van der Waals surface area (Å²) in [4.78, 5) is 29.2. The summed E-state index contributed by atoms with van der Waals surface area (Å²) in [6.45, 7) is 0.321. The van der Waals surface area contributed by atoms with Crippen molar-refractivity contribution in [1.29, 1.82) is 0 Å². The van der Waals surface area contributed by atoms with Crippen molar-refractivity contribution in [3.63, 3.8) is 0 Å². The number of hydrogen-bond acceptors (Lipinski definition) is 4. The molecular formula is C14H12BrN3O2S. The lowest BCUT2D eigenvalue weighted by Crippen LogP contribution is -2.28. The number of amides is 2. The van der Waals surface area contributed by atoms with E-state index in [1.54, 1.807) is 4.90 Å². The van der Waals surface area contributed by atoms with Crippen LogP contribution in [0.2, 0.25) is 0 Å². The average Bonchev–Trinajstić information content (AvgIpc) is 3.06. The highest BCUT2D eigenvalue weighted by Gasteiger charge is 2.35. The Morgan fingerprint density at radius 1 is 1.38 bits per heavy atom. The van der Waals surface area contributed by atoms with Crippen LogP contribution in [-0.4, -0.2) is 23.3 Å². The molecule has 3 rings (SSSR count). The zero-order valence-electron chi connectivity index (χ0n) is 11.0. The van der Waals surface area contributed by atoms with Gasteiger partial charge in [0.2, 0.25) is 11.8 Å². The van der Waals surface area contributed by atoms with Crippen molar-refractivity contribution in [1.82, 2.24) is 4.98 Å². The van der Waals surface area contributed by atoms with Gasteiger partial charge in [-0.3, -0.25) is 14.5 Å². The minimum atomic E-state index is -0.435. The molecule has 2 aromatic rings. The van der Waals surface area contributed by atoms with E-state index in [4.69, 9.17) is 5.73 Å². The van der Waals surface area contributed by atoms with Gasteiger partial charge in [0, 0.05) is 28.4 Å². The number of anilines is 1. The third kappa shape index (κ3) is 2.84. The summed E-state index contributed by atoms with van der Waals surface area (Å²) in [7, 11) is 0. The number of nitrogens with zero attached hydrogens (tertiary/aromatic N) is 2. The van der Waals surface area contributed by atoms with Crippen LogP contribution < -0.4 is 10.6 Å². The van der Waals surface area contributed by atoms with Crippen molar-refractivity contribution < 1.29 is 9.59 Å². The first kappa shape index (κ1) is 14.2. The Balaban J connectivity index is 1.84. The van der Waals surface area contributed by atoms with Crippen LogP contribution in [0.4, 0.5) is 5.13 Å². The van der Waals surface area contributed by atoms with Crippen LogP contribution in [0.15, 0.2) is 34.1 Å². The van der Waals surface area contributed by atoms with Crippen molar-refractivity contribution in [2.24, 2.45) is 11.7 Å². The molecule has 1 aliphatic rings. The molecule has 108 valence electrons. The van der Waals surface area contributed by atoms with Crippen molar-refractivity contribution in [3.05, 3.63) is 34.1 Å². The zero-order chi connectivity index (χ0) is 15.0. The normalized spacial score (nSPS) is 18.2. The summed E-state index contributed by atoms with van der Waals surface area (Å²) in [5, 5.41) is 2.52. The minimum absolute atomic E-state index is 0.101. The lowest BCUT2D eigenvalue weighted by atomic mass is 10.1. The van der Waals surface area contributed by atoms with E-state index < -0.39 is 11.8 Å². The zero-order valence-corrected chi connectivity index (χ0v) is 13.4. The summed E-state index contributed by atoms with van der Waals surface area (Å²) >= 11 is 4.78. The maximum absolute atomic E-state index is 12.0. The first-order chi connectivity index (χ1) is 10.0. The summed E-state index contributed by atoms with van der Waals surface area (Å²) in [5.74, 6) is -0.955. The molecule has 1 aromatic carbocycles. The second-order valence-electron chi connectivity index (χ2n) is 4.83. The molecule has 0 spiro atoms. The van der Waals surface area contributed by atoms with Crippen LogP contribution in [0.25, 0.3) is 11.3 Å². The first-order valence-corrected chi connectivity index (χ1v) is 8.03. The molecule has 0 saturated carbocycles. The Morgan fingerprint density at radius 2 is 2.10 bits per heavy atom. The first-order valence-electron chi connectivity index (χ1n) is 6.36. The molecule has 1 aromatic heterocycles. The monoisotopic (exact) mass is 365 g/mol. The molecule has 1 fully saturated rings. The molecule has 0 aliphatic carbocycles. The van der Waals surface area contributed by atoms with Crippen LogP contribution in [0.5, 0.6) is 0 Å². The molecule has 2 N–H and O–H groups in total. The maximum atomic E-state index is 12.0. The van der Waals surface area contributed by atoms with E-state index in [2.05, 4.69) is 20.9 Å². The van der Waals surface area contributed by atoms with Gasteiger partial charge >= 0.3 is 0 Å². The highest BCUT2D eigenvalue weighted by Crippen LogP contribution is 2.31. The predicted molar refractivity (Wildman–Crippen MR) is 84.9 cm³/mol. The second kappa shape index (κ2) is 5.57. The van der Waals surface area contributed by atoms with Gasteiger partial charge in [0.1, 0.15) is 0 Å². The molecule has 7 heteroatoms. The molecule has 1 aliphatic heterocycles. The van der Waals surface area contributed by atoms with Gasteiger partial charge in [-0.2, -0.15) is 0 Å². The van der Waals surface area contributed by atoms with Gasteiger partial charge in [0.05, 0.1) is 11.6 Å². The summed E-state index contributed by atoms with van der Waals surface area (Å²) in [6.07, 6.45) is 0.169.